The minimum atomic E-state index is -0.0481. The summed E-state index contributed by atoms with van der Waals surface area (Å²) in [4.78, 5) is 18.9. The molecule has 1 amide bonds. The van der Waals surface area contributed by atoms with Crippen LogP contribution in [0.2, 0.25) is 0 Å². The number of carbonyl (C=O) groups is 1. The number of nitrogens with one attached hydrogen (secondary N) is 1. The van der Waals surface area contributed by atoms with Crippen LogP contribution in [0.3, 0.4) is 0 Å². The van der Waals surface area contributed by atoms with Gasteiger partial charge in [-0.15, -0.1) is 10.2 Å². The Kier molecular flexibility index (Phi) is 6.72. The van der Waals surface area contributed by atoms with Crippen LogP contribution >= 0.6 is 0 Å². The lowest BCUT2D eigenvalue weighted by molar-refractivity contribution is -0.125. The van der Waals surface area contributed by atoms with Gasteiger partial charge in [-0.1, -0.05) is 18.2 Å². The molecule has 1 aliphatic rings. The van der Waals surface area contributed by atoms with E-state index >= 15 is 0 Å². The molecule has 1 atom stereocenters. The van der Waals surface area contributed by atoms with Crippen LogP contribution in [0.5, 0.6) is 5.75 Å². The van der Waals surface area contributed by atoms with Crippen LogP contribution in [0.4, 0.5) is 5.82 Å². The van der Waals surface area contributed by atoms with Crippen molar-refractivity contribution in [1.82, 2.24) is 20.5 Å². The number of ether oxygens (including phenoxy) is 1. The Morgan fingerprint density at radius 1 is 1.13 bits per heavy atom. The number of carbonyl (C=O) groups excluding carboxylic acids is 1. The van der Waals surface area contributed by atoms with Crippen molar-refractivity contribution in [3.8, 4) is 17.0 Å². The predicted octanol–water partition coefficient (Wildman–Crippen LogP) is 3.12. The van der Waals surface area contributed by atoms with Crippen LogP contribution in [0.1, 0.15) is 18.4 Å². The standard InChI is InChI=1S/C24H27N5O2/c1-31-22-7-3-2-5-19(22)12-15-26-24(30)20-6-4-16-29(17-20)23-9-8-21(27-28-23)18-10-13-25-14-11-18/h2-3,5,7-11,13-14,20H,4,6,12,15-17H2,1H3,(H,26,30). The molecule has 1 aromatic carbocycles. The minimum Gasteiger partial charge on any atom is -0.496 e. The fraction of sp³-hybridized carbons (Fsp3) is 0.333. The predicted molar refractivity (Wildman–Crippen MR) is 120 cm³/mol. The maximum atomic E-state index is 12.7. The van der Waals surface area contributed by atoms with E-state index in [1.54, 1.807) is 19.5 Å². The van der Waals surface area contributed by atoms with Crippen molar-refractivity contribution >= 4 is 11.7 Å². The van der Waals surface area contributed by atoms with Crippen LogP contribution in [0.15, 0.2) is 60.9 Å². The number of pyridine rings is 1. The SMILES string of the molecule is COc1ccccc1CCNC(=O)C1CCCN(c2ccc(-c3ccncc3)nn2)C1. The fourth-order valence-corrected chi connectivity index (χ4v) is 3.94. The summed E-state index contributed by atoms with van der Waals surface area (Å²) in [6.07, 6.45) is 6.07. The average Bonchev–Trinajstić information content (AvgIpc) is 2.85. The fourth-order valence-electron chi connectivity index (χ4n) is 3.94. The van der Waals surface area contributed by atoms with Gasteiger partial charge in [-0.3, -0.25) is 9.78 Å². The molecule has 0 aliphatic carbocycles. The Labute approximate surface area is 182 Å². The molecule has 160 valence electrons. The molecule has 0 saturated carbocycles. The number of rotatable bonds is 7. The molecule has 31 heavy (non-hydrogen) atoms. The quantitative estimate of drug-likeness (QED) is 0.636. The maximum Gasteiger partial charge on any atom is 0.224 e. The number of methoxy groups -OCH3 is 1. The zero-order valence-electron chi connectivity index (χ0n) is 17.7. The van der Waals surface area contributed by atoms with E-state index in [0.717, 1.165) is 54.2 Å². The molecule has 7 nitrogen and oxygen atoms in total. The first-order valence-electron chi connectivity index (χ1n) is 10.6. The number of para-hydroxylation sites is 1. The van der Waals surface area contributed by atoms with E-state index in [9.17, 15) is 4.79 Å². The first kappa shape index (κ1) is 20.8. The lowest BCUT2D eigenvalue weighted by Crippen LogP contribution is -2.43. The Balaban J connectivity index is 1.32. The van der Waals surface area contributed by atoms with E-state index in [2.05, 4.69) is 25.4 Å². The third-order valence-electron chi connectivity index (χ3n) is 5.63. The number of amides is 1. The van der Waals surface area contributed by atoms with E-state index < -0.39 is 0 Å². The van der Waals surface area contributed by atoms with Gasteiger partial charge >= 0.3 is 0 Å². The monoisotopic (exact) mass is 417 g/mol. The normalized spacial score (nSPS) is 16.0. The molecular weight excluding hydrogens is 390 g/mol. The topological polar surface area (TPSA) is 80.2 Å². The smallest absolute Gasteiger partial charge is 0.224 e. The lowest BCUT2D eigenvalue weighted by Gasteiger charge is -2.32. The Morgan fingerprint density at radius 3 is 2.74 bits per heavy atom. The summed E-state index contributed by atoms with van der Waals surface area (Å²) in [5.74, 6) is 1.72. The van der Waals surface area contributed by atoms with Gasteiger partial charge < -0.3 is 15.0 Å². The van der Waals surface area contributed by atoms with E-state index in [4.69, 9.17) is 4.74 Å². The van der Waals surface area contributed by atoms with Crippen LogP contribution in [-0.4, -0.2) is 47.8 Å². The Morgan fingerprint density at radius 2 is 1.97 bits per heavy atom. The second-order valence-corrected chi connectivity index (χ2v) is 7.65. The first-order valence-corrected chi connectivity index (χ1v) is 10.6. The van der Waals surface area contributed by atoms with E-state index in [0.29, 0.717) is 13.1 Å². The van der Waals surface area contributed by atoms with Crippen LogP contribution in [0, 0.1) is 5.92 Å². The molecule has 1 fully saturated rings. The summed E-state index contributed by atoms with van der Waals surface area (Å²) < 4.78 is 5.38. The number of hydrogen-bond acceptors (Lipinski definition) is 6. The molecule has 0 spiro atoms. The minimum absolute atomic E-state index is 0.0481. The lowest BCUT2D eigenvalue weighted by atomic mass is 9.97. The molecule has 7 heteroatoms. The van der Waals surface area contributed by atoms with Gasteiger partial charge in [0.25, 0.3) is 0 Å². The first-order chi connectivity index (χ1) is 15.2. The van der Waals surface area contributed by atoms with Crippen molar-refractivity contribution in [1.29, 1.82) is 0 Å². The zero-order valence-corrected chi connectivity index (χ0v) is 17.7. The summed E-state index contributed by atoms with van der Waals surface area (Å²) in [6.45, 7) is 2.13. The molecule has 1 saturated heterocycles. The number of anilines is 1. The molecular formula is C24H27N5O2. The van der Waals surface area contributed by atoms with Crippen LogP contribution in [0.25, 0.3) is 11.3 Å². The van der Waals surface area contributed by atoms with E-state index in [-0.39, 0.29) is 11.8 Å². The third kappa shape index (κ3) is 5.17. The highest BCUT2D eigenvalue weighted by Gasteiger charge is 2.26. The molecule has 0 bridgehead atoms. The molecule has 3 heterocycles. The van der Waals surface area contributed by atoms with E-state index in [1.165, 1.54) is 0 Å². The van der Waals surface area contributed by atoms with Gasteiger partial charge in [0, 0.05) is 37.6 Å². The van der Waals surface area contributed by atoms with Gasteiger partial charge in [-0.05, 0) is 55.2 Å². The van der Waals surface area contributed by atoms with Gasteiger partial charge in [0.05, 0.1) is 18.7 Å². The maximum absolute atomic E-state index is 12.7. The van der Waals surface area contributed by atoms with Crippen molar-refractivity contribution < 1.29 is 9.53 Å². The second kappa shape index (κ2) is 10.0. The number of nitrogens with zero attached hydrogens (tertiary/aromatic N) is 4. The third-order valence-corrected chi connectivity index (χ3v) is 5.63. The second-order valence-electron chi connectivity index (χ2n) is 7.65. The van der Waals surface area contributed by atoms with Crippen molar-refractivity contribution in [2.75, 3.05) is 31.6 Å². The van der Waals surface area contributed by atoms with Crippen molar-refractivity contribution in [3.63, 3.8) is 0 Å². The Hall–Kier alpha value is -3.48. The van der Waals surface area contributed by atoms with Crippen LogP contribution < -0.4 is 15.0 Å². The molecule has 1 aliphatic heterocycles. The molecule has 4 rings (SSSR count). The zero-order chi connectivity index (χ0) is 21.5. The molecule has 3 aromatic rings. The number of benzene rings is 1. The van der Waals surface area contributed by atoms with Gasteiger partial charge in [0.1, 0.15) is 5.75 Å². The Bertz CT molecular complexity index is 994. The van der Waals surface area contributed by atoms with Crippen molar-refractivity contribution in [2.45, 2.75) is 19.3 Å². The number of aromatic nitrogens is 3. The van der Waals surface area contributed by atoms with Crippen molar-refractivity contribution in [2.24, 2.45) is 5.92 Å². The molecule has 2 aromatic heterocycles. The summed E-state index contributed by atoms with van der Waals surface area (Å²) in [5.41, 5.74) is 2.90. The summed E-state index contributed by atoms with van der Waals surface area (Å²) >= 11 is 0. The summed E-state index contributed by atoms with van der Waals surface area (Å²) in [6, 6.07) is 15.7. The summed E-state index contributed by atoms with van der Waals surface area (Å²) in [7, 11) is 1.67. The van der Waals surface area contributed by atoms with Gasteiger partial charge in [-0.25, -0.2) is 0 Å². The van der Waals surface area contributed by atoms with Gasteiger partial charge in [0.2, 0.25) is 5.91 Å². The van der Waals surface area contributed by atoms with Gasteiger partial charge in [-0.2, -0.15) is 0 Å². The highest BCUT2D eigenvalue weighted by molar-refractivity contribution is 5.79. The van der Waals surface area contributed by atoms with Gasteiger partial charge in [0.15, 0.2) is 5.82 Å². The highest BCUT2D eigenvalue weighted by atomic mass is 16.5. The van der Waals surface area contributed by atoms with Crippen LogP contribution in [-0.2, 0) is 11.2 Å². The largest absolute Gasteiger partial charge is 0.496 e. The number of piperidine rings is 1. The number of hydrogen-bond donors (Lipinski definition) is 1. The molecule has 1 unspecified atom stereocenters. The average molecular weight is 418 g/mol. The van der Waals surface area contributed by atoms with Crippen molar-refractivity contribution in [3.05, 3.63) is 66.5 Å². The molecule has 1 N–H and O–H groups in total. The van der Waals surface area contributed by atoms with E-state index in [1.807, 2.05) is 48.5 Å². The highest BCUT2D eigenvalue weighted by Crippen LogP contribution is 2.23. The summed E-state index contributed by atoms with van der Waals surface area (Å²) in [5, 5.41) is 11.9. The molecule has 0 radical (unpaired) electrons.